The van der Waals surface area contributed by atoms with Gasteiger partial charge in [-0.05, 0) is 60.2 Å². The first kappa shape index (κ1) is 29.1. The van der Waals surface area contributed by atoms with Gasteiger partial charge in [-0.2, -0.15) is 0 Å². The fourth-order valence-electron chi connectivity index (χ4n) is 4.83. The van der Waals surface area contributed by atoms with Crippen LogP contribution in [0.2, 0.25) is 0 Å². The number of Topliss-reactive ketones (excluding diaryl/α,β-unsaturated/α-hetero) is 2. The van der Waals surface area contributed by atoms with E-state index in [0.29, 0.717) is 42.7 Å². The van der Waals surface area contributed by atoms with Crippen molar-refractivity contribution in [2.75, 3.05) is 39.6 Å². The van der Waals surface area contributed by atoms with Gasteiger partial charge in [-0.1, -0.05) is 42.5 Å². The van der Waals surface area contributed by atoms with Crippen molar-refractivity contribution in [3.05, 3.63) is 70.8 Å². The molecule has 5 rings (SSSR count). The van der Waals surface area contributed by atoms with E-state index in [1.807, 2.05) is 42.5 Å². The maximum absolute atomic E-state index is 12.9. The minimum absolute atomic E-state index is 0.143. The molecule has 6 bridgehead atoms. The van der Waals surface area contributed by atoms with Gasteiger partial charge in [0.2, 0.25) is 0 Å². The Morgan fingerprint density at radius 1 is 0.650 bits per heavy atom. The summed E-state index contributed by atoms with van der Waals surface area (Å²) >= 11 is 0. The van der Waals surface area contributed by atoms with Gasteiger partial charge >= 0.3 is 11.9 Å². The fraction of sp³-hybridized carbons (Fsp3) is 0.375. The molecule has 8 heteroatoms. The summed E-state index contributed by atoms with van der Waals surface area (Å²) in [5, 5.41) is 1.62. The van der Waals surface area contributed by atoms with Crippen molar-refractivity contribution in [2.24, 2.45) is 0 Å². The summed E-state index contributed by atoms with van der Waals surface area (Å²) in [6, 6.07) is 15.2. The van der Waals surface area contributed by atoms with Crippen molar-refractivity contribution in [2.45, 2.75) is 39.5 Å². The average molecular weight is 547 g/mol. The highest BCUT2D eigenvalue weighted by Gasteiger charge is 2.21. The molecule has 0 aliphatic carbocycles. The van der Waals surface area contributed by atoms with E-state index in [-0.39, 0.29) is 62.8 Å². The predicted octanol–water partition coefficient (Wildman–Crippen LogP) is 4.91. The Labute approximate surface area is 233 Å². The van der Waals surface area contributed by atoms with Crippen LogP contribution in [0.15, 0.2) is 48.5 Å². The number of carbonyl (C=O) groups excluding carboxylic acids is 4. The van der Waals surface area contributed by atoms with Crippen molar-refractivity contribution >= 4 is 34.3 Å². The molecule has 0 amide bonds. The zero-order valence-electron chi connectivity index (χ0n) is 23.0. The zero-order chi connectivity index (χ0) is 28.5. The molecule has 2 aliphatic heterocycles. The lowest BCUT2D eigenvalue weighted by atomic mass is 9.85. The summed E-state index contributed by atoms with van der Waals surface area (Å²) in [7, 11) is 0. The fourth-order valence-corrected chi connectivity index (χ4v) is 4.83. The molecule has 0 spiro atoms. The maximum atomic E-state index is 12.9. The molecule has 210 valence electrons. The molecule has 0 atom stereocenters. The zero-order valence-corrected chi connectivity index (χ0v) is 23.0. The van der Waals surface area contributed by atoms with E-state index < -0.39 is 0 Å². The number of hydrogen-bond donors (Lipinski definition) is 0. The molecule has 0 saturated heterocycles. The van der Waals surface area contributed by atoms with Crippen molar-refractivity contribution in [3.8, 4) is 11.1 Å². The summed E-state index contributed by atoms with van der Waals surface area (Å²) in [5.74, 6) is -1.07. The molecule has 0 unspecified atom stereocenters. The molecule has 0 aromatic heterocycles. The van der Waals surface area contributed by atoms with Gasteiger partial charge in [0, 0.05) is 29.5 Å². The number of hydrogen-bond acceptors (Lipinski definition) is 8. The smallest absolute Gasteiger partial charge is 0.306 e. The summed E-state index contributed by atoms with van der Waals surface area (Å²) < 4.78 is 21.4. The maximum Gasteiger partial charge on any atom is 0.306 e. The molecule has 8 nitrogen and oxygen atoms in total. The van der Waals surface area contributed by atoms with Crippen LogP contribution in [0.1, 0.15) is 58.5 Å². The average Bonchev–Trinajstić information content (AvgIpc) is 2.94. The molecule has 3 aromatic rings. The quantitative estimate of drug-likeness (QED) is 0.254. The highest BCUT2D eigenvalue weighted by atomic mass is 16.6. The number of ketones is 2. The third kappa shape index (κ3) is 7.61. The highest BCUT2D eigenvalue weighted by molar-refractivity contribution is 6.17. The van der Waals surface area contributed by atoms with E-state index in [1.54, 1.807) is 6.07 Å². The van der Waals surface area contributed by atoms with Gasteiger partial charge < -0.3 is 18.9 Å². The van der Waals surface area contributed by atoms with E-state index in [2.05, 4.69) is 0 Å². The molecule has 40 heavy (non-hydrogen) atoms. The number of aryl methyl sites for hydroxylation is 2. The van der Waals surface area contributed by atoms with E-state index >= 15 is 0 Å². The summed E-state index contributed by atoms with van der Waals surface area (Å²) in [5.41, 5.74) is 4.00. The van der Waals surface area contributed by atoms with Gasteiger partial charge in [0.05, 0.1) is 26.4 Å². The van der Waals surface area contributed by atoms with Gasteiger partial charge in [-0.3, -0.25) is 19.2 Å². The lowest BCUT2D eigenvalue weighted by molar-refractivity contribution is -0.146. The summed E-state index contributed by atoms with van der Waals surface area (Å²) in [6.45, 7) is 4.40. The topological polar surface area (TPSA) is 105 Å². The Kier molecular flexibility index (Phi) is 10.2. The Balaban J connectivity index is 1.74. The summed E-state index contributed by atoms with van der Waals surface area (Å²) in [4.78, 5) is 50.1. The molecule has 2 aliphatic rings. The molecular weight excluding hydrogens is 512 g/mol. The first-order valence-electron chi connectivity index (χ1n) is 13.5. The van der Waals surface area contributed by atoms with E-state index in [9.17, 15) is 19.2 Å². The normalized spacial score (nSPS) is 16.2. The van der Waals surface area contributed by atoms with Crippen LogP contribution < -0.4 is 0 Å². The van der Waals surface area contributed by atoms with Crippen molar-refractivity contribution in [1.82, 2.24) is 0 Å². The van der Waals surface area contributed by atoms with Crippen LogP contribution in [0.25, 0.3) is 21.9 Å². The number of fused-ring (bicyclic) bond motifs is 16. The van der Waals surface area contributed by atoms with Crippen molar-refractivity contribution in [1.29, 1.82) is 0 Å². The van der Waals surface area contributed by atoms with Crippen LogP contribution >= 0.6 is 0 Å². The second-order valence-corrected chi connectivity index (χ2v) is 9.71. The lowest BCUT2D eigenvalue weighted by Crippen LogP contribution is -2.15. The van der Waals surface area contributed by atoms with Crippen LogP contribution in [0, 0.1) is 0 Å². The third-order valence-electron chi connectivity index (χ3n) is 6.74. The number of carbonyl (C=O) groups is 4. The number of benzene rings is 3. The monoisotopic (exact) mass is 546 g/mol. The second kappa shape index (κ2) is 14.0. The third-order valence-corrected chi connectivity index (χ3v) is 6.74. The Morgan fingerprint density at radius 3 is 1.85 bits per heavy atom. The predicted molar refractivity (Wildman–Crippen MR) is 150 cm³/mol. The number of rotatable bonds is 2. The van der Waals surface area contributed by atoms with Gasteiger partial charge in [0.25, 0.3) is 0 Å². The van der Waals surface area contributed by atoms with Crippen LogP contribution in [0.5, 0.6) is 0 Å². The van der Waals surface area contributed by atoms with Gasteiger partial charge in [0.1, 0.15) is 13.2 Å². The Bertz CT molecular complexity index is 1410. The lowest BCUT2D eigenvalue weighted by Gasteiger charge is -2.17. The molecule has 3 aromatic carbocycles. The van der Waals surface area contributed by atoms with Crippen LogP contribution in [-0.2, 0) is 41.4 Å². The van der Waals surface area contributed by atoms with E-state index in [0.717, 1.165) is 27.5 Å². The van der Waals surface area contributed by atoms with E-state index in [4.69, 9.17) is 18.9 Å². The van der Waals surface area contributed by atoms with Gasteiger partial charge in [0.15, 0.2) is 11.6 Å². The first-order chi connectivity index (χ1) is 19.3. The van der Waals surface area contributed by atoms with Gasteiger partial charge in [-0.15, -0.1) is 0 Å². The highest BCUT2D eigenvalue weighted by Crippen LogP contribution is 2.36. The molecule has 0 N–H and O–H groups in total. The second-order valence-electron chi connectivity index (χ2n) is 9.71. The minimum atomic E-state index is -0.331. The van der Waals surface area contributed by atoms with Crippen LogP contribution in [0.3, 0.4) is 0 Å². The number of esters is 2. The molecule has 0 fully saturated rings. The largest absolute Gasteiger partial charge is 0.463 e. The first-order valence-corrected chi connectivity index (χ1v) is 13.5. The van der Waals surface area contributed by atoms with Crippen LogP contribution in [-0.4, -0.2) is 63.1 Å². The Morgan fingerprint density at radius 2 is 1.25 bits per heavy atom. The van der Waals surface area contributed by atoms with Crippen molar-refractivity contribution < 1.29 is 38.1 Å². The molecule has 0 saturated carbocycles. The minimum Gasteiger partial charge on any atom is -0.463 e. The van der Waals surface area contributed by atoms with Crippen LogP contribution in [0.4, 0.5) is 0 Å². The summed E-state index contributed by atoms with van der Waals surface area (Å²) in [6.07, 6.45) is 1.32. The molecule has 2 heterocycles. The molecular formula is C32H34O8. The molecule has 0 radical (unpaired) electrons. The SMILES string of the molecule is CC(=O)c1cc2cc3ccc2c(c1C(C)=O)-c1cccc(c1)CCC(=O)OCCOCCOCCOC(=O)CC3. The standard InChI is InChI=1S/C32H34O8/c1-21(33)28-20-26-19-24-6-9-27(26)32(31(28)22(2)34)25-5-3-4-23(18-25)7-10-29(35)39-16-14-37-12-13-38-15-17-40-30(36)11-8-24/h3-6,9,18-20H,7-8,10-17H2,1-2H3. The van der Waals surface area contributed by atoms with Crippen molar-refractivity contribution in [3.63, 3.8) is 0 Å². The van der Waals surface area contributed by atoms with E-state index in [1.165, 1.54) is 13.8 Å². The Hall–Kier alpha value is -3.88. The number of ether oxygens (including phenoxy) is 4. The van der Waals surface area contributed by atoms with Gasteiger partial charge in [-0.25, -0.2) is 0 Å².